The van der Waals surface area contributed by atoms with E-state index >= 15 is 0 Å². The summed E-state index contributed by atoms with van der Waals surface area (Å²) in [5.74, 6) is 7.70. The van der Waals surface area contributed by atoms with Gasteiger partial charge in [-0.05, 0) is 19.3 Å². The maximum absolute atomic E-state index is 11.5. The maximum Gasteiger partial charge on any atom is 0.238 e. The SMILES string of the molecule is NNC(=O)[C@H]1CCc2nnc(C3CC3)n2C1. The first kappa shape index (κ1) is 9.77. The summed E-state index contributed by atoms with van der Waals surface area (Å²) in [5.41, 5.74) is 2.23. The van der Waals surface area contributed by atoms with E-state index in [9.17, 15) is 4.79 Å². The van der Waals surface area contributed by atoms with E-state index in [1.807, 2.05) is 0 Å². The number of rotatable bonds is 2. The van der Waals surface area contributed by atoms with Gasteiger partial charge in [-0.1, -0.05) is 0 Å². The molecule has 1 saturated carbocycles. The molecule has 0 bridgehead atoms. The van der Waals surface area contributed by atoms with Crippen LogP contribution in [0, 0.1) is 5.92 Å². The largest absolute Gasteiger partial charge is 0.314 e. The van der Waals surface area contributed by atoms with Gasteiger partial charge in [-0.3, -0.25) is 10.2 Å². The number of aromatic nitrogens is 3. The van der Waals surface area contributed by atoms with Crippen molar-refractivity contribution in [1.29, 1.82) is 0 Å². The molecule has 86 valence electrons. The highest BCUT2D eigenvalue weighted by Gasteiger charge is 2.34. The van der Waals surface area contributed by atoms with Gasteiger partial charge in [-0.25, -0.2) is 5.84 Å². The number of nitrogens with one attached hydrogen (secondary N) is 1. The standard InChI is InChI=1S/C10H15N5O/c11-12-10(16)7-3-4-8-13-14-9(6-1-2-6)15(8)5-7/h6-7H,1-5,11H2,(H,12,16)/t7-/m0/s1. The van der Waals surface area contributed by atoms with Gasteiger partial charge in [0.2, 0.25) is 5.91 Å². The third-order valence-corrected chi connectivity index (χ3v) is 3.43. The first-order chi connectivity index (χ1) is 7.79. The van der Waals surface area contributed by atoms with Crippen LogP contribution in [0.15, 0.2) is 0 Å². The van der Waals surface area contributed by atoms with Crippen molar-refractivity contribution in [2.75, 3.05) is 0 Å². The lowest BCUT2D eigenvalue weighted by Gasteiger charge is -2.22. The Morgan fingerprint density at radius 3 is 2.88 bits per heavy atom. The molecule has 6 heteroatoms. The number of hydrazine groups is 1. The number of fused-ring (bicyclic) bond motifs is 1. The molecule has 0 aromatic carbocycles. The van der Waals surface area contributed by atoms with Gasteiger partial charge in [0, 0.05) is 18.9 Å². The third kappa shape index (κ3) is 1.49. The van der Waals surface area contributed by atoms with Crippen LogP contribution in [0.1, 0.15) is 36.8 Å². The zero-order valence-electron chi connectivity index (χ0n) is 9.02. The summed E-state index contributed by atoms with van der Waals surface area (Å²) in [5, 5.41) is 8.42. The van der Waals surface area contributed by atoms with E-state index in [1.54, 1.807) is 0 Å². The molecule has 16 heavy (non-hydrogen) atoms. The minimum absolute atomic E-state index is 0.0361. The van der Waals surface area contributed by atoms with Crippen molar-refractivity contribution >= 4 is 5.91 Å². The fourth-order valence-corrected chi connectivity index (χ4v) is 2.32. The molecule has 1 atom stereocenters. The molecular weight excluding hydrogens is 206 g/mol. The van der Waals surface area contributed by atoms with Gasteiger partial charge in [0.25, 0.3) is 0 Å². The first-order valence-electron chi connectivity index (χ1n) is 5.72. The molecular formula is C10H15N5O. The maximum atomic E-state index is 11.5. The fraction of sp³-hybridized carbons (Fsp3) is 0.700. The van der Waals surface area contributed by atoms with Crippen LogP contribution in [0.2, 0.25) is 0 Å². The van der Waals surface area contributed by atoms with Crippen molar-refractivity contribution in [2.45, 2.75) is 38.1 Å². The summed E-state index contributed by atoms with van der Waals surface area (Å²) < 4.78 is 2.11. The molecule has 1 aromatic heterocycles. The highest BCUT2D eigenvalue weighted by molar-refractivity contribution is 5.78. The summed E-state index contributed by atoms with van der Waals surface area (Å²) in [6.07, 6.45) is 4.03. The smallest absolute Gasteiger partial charge is 0.238 e. The van der Waals surface area contributed by atoms with Gasteiger partial charge in [-0.2, -0.15) is 0 Å². The van der Waals surface area contributed by atoms with Crippen LogP contribution in [-0.4, -0.2) is 20.7 Å². The Morgan fingerprint density at radius 1 is 1.38 bits per heavy atom. The Kier molecular flexibility index (Phi) is 2.17. The monoisotopic (exact) mass is 221 g/mol. The minimum Gasteiger partial charge on any atom is -0.314 e. The lowest BCUT2D eigenvalue weighted by molar-refractivity contribution is -0.126. The van der Waals surface area contributed by atoms with Gasteiger partial charge >= 0.3 is 0 Å². The van der Waals surface area contributed by atoms with Crippen LogP contribution in [0.3, 0.4) is 0 Å². The van der Waals surface area contributed by atoms with Gasteiger partial charge in [0.05, 0.1) is 5.92 Å². The molecule has 0 unspecified atom stereocenters. The molecule has 1 aliphatic carbocycles. The Balaban J connectivity index is 1.85. The van der Waals surface area contributed by atoms with Crippen molar-refractivity contribution in [1.82, 2.24) is 20.2 Å². The Hall–Kier alpha value is -1.43. The topological polar surface area (TPSA) is 85.8 Å². The zero-order chi connectivity index (χ0) is 11.1. The molecule has 6 nitrogen and oxygen atoms in total. The third-order valence-electron chi connectivity index (χ3n) is 3.43. The average Bonchev–Trinajstić information content (AvgIpc) is 3.08. The van der Waals surface area contributed by atoms with Crippen LogP contribution in [0.25, 0.3) is 0 Å². The van der Waals surface area contributed by atoms with E-state index in [-0.39, 0.29) is 11.8 Å². The van der Waals surface area contributed by atoms with Crippen LogP contribution < -0.4 is 11.3 Å². The van der Waals surface area contributed by atoms with Crippen LogP contribution in [0.5, 0.6) is 0 Å². The average molecular weight is 221 g/mol. The summed E-state index contributed by atoms with van der Waals surface area (Å²) >= 11 is 0. The Bertz CT molecular complexity index is 423. The second-order valence-corrected chi connectivity index (χ2v) is 4.60. The molecule has 1 fully saturated rings. The van der Waals surface area contributed by atoms with Crippen LogP contribution in [0.4, 0.5) is 0 Å². The number of nitrogens with zero attached hydrogens (tertiary/aromatic N) is 3. The highest BCUT2D eigenvalue weighted by atomic mass is 16.2. The van der Waals surface area contributed by atoms with Gasteiger partial charge < -0.3 is 4.57 Å². The number of nitrogens with two attached hydrogens (primary N) is 1. The second-order valence-electron chi connectivity index (χ2n) is 4.60. The van der Waals surface area contributed by atoms with E-state index in [0.717, 1.165) is 24.5 Å². The molecule has 3 rings (SSSR count). The summed E-state index contributed by atoms with van der Waals surface area (Å²) in [7, 11) is 0. The van der Waals surface area contributed by atoms with E-state index in [0.29, 0.717) is 12.5 Å². The predicted molar refractivity (Wildman–Crippen MR) is 56.1 cm³/mol. The zero-order valence-corrected chi connectivity index (χ0v) is 9.02. The molecule has 3 N–H and O–H groups in total. The predicted octanol–water partition coefficient (Wildman–Crippen LogP) is -0.292. The quantitative estimate of drug-likeness (QED) is 0.408. The van der Waals surface area contributed by atoms with Crippen molar-refractivity contribution in [3.8, 4) is 0 Å². The first-order valence-corrected chi connectivity index (χ1v) is 5.72. The molecule has 0 radical (unpaired) electrons. The van der Waals surface area contributed by atoms with Gasteiger partial charge in [-0.15, -0.1) is 10.2 Å². The summed E-state index contributed by atoms with van der Waals surface area (Å²) in [4.78, 5) is 11.5. The number of amides is 1. The molecule has 1 amide bonds. The van der Waals surface area contributed by atoms with E-state index in [2.05, 4.69) is 20.2 Å². The Labute approximate surface area is 93.2 Å². The summed E-state index contributed by atoms with van der Waals surface area (Å²) in [6, 6.07) is 0. The van der Waals surface area contributed by atoms with Crippen molar-refractivity contribution < 1.29 is 4.79 Å². The number of hydrogen-bond acceptors (Lipinski definition) is 4. The highest BCUT2D eigenvalue weighted by Crippen LogP contribution is 2.40. The van der Waals surface area contributed by atoms with Gasteiger partial charge in [0.15, 0.2) is 0 Å². The number of hydrogen-bond donors (Lipinski definition) is 2. The van der Waals surface area contributed by atoms with E-state index < -0.39 is 0 Å². The van der Waals surface area contributed by atoms with E-state index in [1.165, 1.54) is 12.8 Å². The van der Waals surface area contributed by atoms with E-state index in [4.69, 9.17) is 5.84 Å². The fourth-order valence-electron chi connectivity index (χ4n) is 2.32. The van der Waals surface area contributed by atoms with Crippen LogP contribution in [-0.2, 0) is 17.8 Å². The van der Waals surface area contributed by atoms with Crippen LogP contribution >= 0.6 is 0 Å². The minimum atomic E-state index is -0.0823. The number of carbonyl (C=O) groups excluding carboxylic acids is 1. The van der Waals surface area contributed by atoms with Crippen molar-refractivity contribution in [3.05, 3.63) is 11.6 Å². The van der Waals surface area contributed by atoms with Crippen molar-refractivity contribution in [3.63, 3.8) is 0 Å². The number of aryl methyl sites for hydroxylation is 1. The Morgan fingerprint density at radius 2 is 2.19 bits per heavy atom. The number of carbonyl (C=O) groups is 1. The molecule has 2 aliphatic rings. The van der Waals surface area contributed by atoms with Gasteiger partial charge in [0.1, 0.15) is 11.6 Å². The lowest BCUT2D eigenvalue weighted by atomic mass is 9.98. The second kappa shape index (κ2) is 3.55. The van der Waals surface area contributed by atoms with Crippen molar-refractivity contribution in [2.24, 2.45) is 11.8 Å². The molecule has 0 spiro atoms. The summed E-state index contributed by atoms with van der Waals surface area (Å²) in [6.45, 7) is 0.678. The molecule has 2 heterocycles. The molecule has 1 aliphatic heterocycles. The molecule has 0 saturated heterocycles. The molecule has 1 aromatic rings. The lowest BCUT2D eigenvalue weighted by Crippen LogP contribution is -2.39. The normalized spacial score (nSPS) is 23.9.